The average Bonchev–Trinajstić information content (AvgIpc) is 2.22. The number of likely N-dealkylation sites (N-methyl/N-ethyl adjacent to an activating group) is 1. The SMILES string of the molecule is CCC(COc1ccccc1F)NC. The summed E-state index contributed by atoms with van der Waals surface area (Å²) < 4.78 is 18.4. The second-order valence-electron chi connectivity index (χ2n) is 3.14. The van der Waals surface area contributed by atoms with E-state index >= 15 is 0 Å². The number of para-hydroxylation sites is 1. The van der Waals surface area contributed by atoms with E-state index in [4.69, 9.17) is 4.74 Å². The van der Waals surface area contributed by atoms with Gasteiger partial charge in [-0.05, 0) is 25.6 Å². The van der Waals surface area contributed by atoms with Crippen molar-refractivity contribution < 1.29 is 9.13 Å². The van der Waals surface area contributed by atoms with Crippen molar-refractivity contribution >= 4 is 0 Å². The number of hydrogen-bond donors (Lipinski definition) is 1. The molecule has 3 heteroatoms. The molecule has 0 bridgehead atoms. The summed E-state index contributed by atoms with van der Waals surface area (Å²) in [6.07, 6.45) is 0.963. The van der Waals surface area contributed by atoms with Crippen LogP contribution in [0.1, 0.15) is 13.3 Å². The summed E-state index contributed by atoms with van der Waals surface area (Å²) in [5, 5.41) is 3.09. The maximum Gasteiger partial charge on any atom is 0.165 e. The van der Waals surface area contributed by atoms with Crippen LogP contribution in [0.4, 0.5) is 4.39 Å². The van der Waals surface area contributed by atoms with Crippen LogP contribution in [-0.2, 0) is 0 Å². The monoisotopic (exact) mass is 197 g/mol. The fourth-order valence-electron chi connectivity index (χ4n) is 1.16. The van der Waals surface area contributed by atoms with Crippen molar-refractivity contribution in [2.24, 2.45) is 0 Å². The quantitative estimate of drug-likeness (QED) is 0.781. The van der Waals surface area contributed by atoms with E-state index in [9.17, 15) is 4.39 Å². The number of nitrogens with one attached hydrogen (secondary N) is 1. The zero-order valence-electron chi connectivity index (χ0n) is 8.59. The Morgan fingerprint density at radius 2 is 2.14 bits per heavy atom. The zero-order chi connectivity index (χ0) is 10.4. The average molecular weight is 197 g/mol. The first-order valence-electron chi connectivity index (χ1n) is 4.82. The Labute approximate surface area is 84.1 Å². The third kappa shape index (κ3) is 3.00. The van der Waals surface area contributed by atoms with Crippen molar-refractivity contribution in [2.75, 3.05) is 13.7 Å². The van der Waals surface area contributed by atoms with Crippen LogP contribution in [0.25, 0.3) is 0 Å². The molecule has 0 saturated heterocycles. The molecule has 1 unspecified atom stereocenters. The second-order valence-corrected chi connectivity index (χ2v) is 3.14. The van der Waals surface area contributed by atoms with Crippen LogP contribution >= 0.6 is 0 Å². The maximum atomic E-state index is 13.1. The second kappa shape index (κ2) is 5.60. The van der Waals surface area contributed by atoms with Gasteiger partial charge in [0.15, 0.2) is 11.6 Å². The van der Waals surface area contributed by atoms with Gasteiger partial charge < -0.3 is 10.1 Å². The minimum atomic E-state index is -0.307. The van der Waals surface area contributed by atoms with Crippen LogP contribution in [0.2, 0.25) is 0 Å². The molecule has 0 heterocycles. The Morgan fingerprint density at radius 3 is 2.71 bits per heavy atom. The standard InChI is InChI=1S/C11H16FNO/c1-3-9(13-2)8-14-11-7-5-4-6-10(11)12/h4-7,9,13H,3,8H2,1-2H3. The molecule has 0 aromatic heterocycles. The normalized spacial score (nSPS) is 12.5. The zero-order valence-corrected chi connectivity index (χ0v) is 8.59. The number of rotatable bonds is 5. The van der Waals surface area contributed by atoms with E-state index in [1.165, 1.54) is 6.07 Å². The molecule has 0 radical (unpaired) electrons. The predicted molar refractivity (Wildman–Crippen MR) is 55.0 cm³/mol. The molecule has 1 aromatic carbocycles. The van der Waals surface area contributed by atoms with Crippen LogP contribution < -0.4 is 10.1 Å². The van der Waals surface area contributed by atoms with E-state index in [0.29, 0.717) is 12.4 Å². The molecular weight excluding hydrogens is 181 g/mol. The topological polar surface area (TPSA) is 21.3 Å². The minimum Gasteiger partial charge on any atom is -0.489 e. The van der Waals surface area contributed by atoms with Gasteiger partial charge in [-0.3, -0.25) is 0 Å². The number of benzene rings is 1. The Hall–Kier alpha value is -1.09. The molecule has 14 heavy (non-hydrogen) atoms. The summed E-state index contributed by atoms with van der Waals surface area (Å²) in [7, 11) is 1.87. The van der Waals surface area contributed by atoms with Crippen molar-refractivity contribution in [3.8, 4) is 5.75 Å². The van der Waals surface area contributed by atoms with Gasteiger partial charge in [0.1, 0.15) is 6.61 Å². The molecule has 1 atom stereocenters. The molecule has 2 nitrogen and oxygen atoms in total. The molecule has 1 N–H and O–H groups in total. The largest absolute Gasteiger partial charge is 0.489 e. The molecule has 0 aliphatic rings. The highest BCUT2D eigenvalue weighted by atomic mass is 19.1. The predicted octanol–water partition coefficient (Wildman–Crippen LogP) is 2.20. The first kappa shape index (κ1) is 11.0. The van der Waals surface area contributed by atoms with Crippen molar-refractivity contribution in [2.45, 2.75) is 19.4 Å². The van der Waals surface area contributed by atoms with Gasteiger partial charge in [-0.1, -0.05) is 19.1 Å². The van der Waals surface area contributed by atoms with Crippen LogP contribution in [0.3, 0.4) is 0 Å². The number of ether oxygens (including phenoxy) is 1. The van der Waals surface area contributed by atoms with Crippen LogP contribution in [0.5, 0.6) is 5.75 Å². The van der Waals surface area contributed by atoms with E-state index in [0.717, 1.165) is 6.42 Å². The number of hydrogen-bond acceptors (Lipinski definition) is 2. The van der Waals surface area contributed by atoms with Crippen LogP contribution in [-0.4, -0.2) is 19.7 Å². The summed E-state index contributed by atoms with van der Waals surface area (Å²) in [6, 6.07) is 6.72. The third-order valence-corrected chi connectivity index (χ3v) is 2.18. The van der Waals surface area contributed by atoms with Gasteiger partial charge in [-0.25, -0.2) is 4.39 Å². The Kier molecular flexibility index (Phi) is 4.40. The highest BCUT2D eigenvalue weighted by Gasteiger charge is 2.06. The van der Waals surface area contributed by atoms with Gasteiger partial charge in [-0.15, -0.1) is 0 Å². The van der Waals surface area contributed by atoms with E-state index in [1.54, 1.807) is 18.2 Å². The lowest BCUT2D eigenvalue weighted by Crippen LogP contribution is -2.30. The van der Waals surface area contributed by atoms with E-state index in [2.05, 4.69) is 12.2 Å². The lowest BCUT2D eigenvalue weighted by molar-refractivity contribution is 0.256. The van der Waals surface area contributed by atoms with Crippen LogP contribution in [0, 0.1) is 5.82 Å². The molecular formula is C11H16FNO. The molecule has 0 saturated carbocycles. The van der Waals surface area contributed by atoms with Crippen LogP contribution in [0.15, 0.2) is 24.3 Å². The lowest BCUT2D eigenvalue weighted by Gasteiger charge is -2.14. The molecule has 1 aromatic rings. The van der Waals surface area contributed by atoms with Gasteiger partial charge in [0.05, 0.1) is 0 Å². The smallest absolute Gasteiger partial charge is 0.165 e. The first-order chi connectivity index (χ1) is 6.77. The fourth-order valence-corrected chi connectivity index (χ4v) is 1.16. The summed E-state index contributed by atoms with van der Waals surface area (Å²) in [6.45, 7) is 2.56. The van der Waals surface area contributed by atoms with Gasteiger partial charge in [-0.2, -0.15) is 0 Å². The summed E-state index contributed by atoms with van der Waals surface area (Å²) in [4.78, 5) is 0. The molecule has 0 aliphatic carbocycles. The Bertz CT molecular complexity index is 274. The van der Waals surface area contributed by atoms with E-state index in [-0.39, 0.29) is 11.9 Å². The van der Waals surface area contributed by atoms with Crippen molar-refractivity contribution in [1.82, 2.24) is 5.32 Å². The Morgan fingerprint density at radius 1 is 1.43 bits per heavy atom. The number of halogens is 1. The molecule has 0 fully saturated rings. The highest BCUT2D eigenvalue weighted by Crippen LogP contribution is 2.15. The summed E-state index contributed by atoms with van der Waals surface area (Å²) in [5.41, 5.74) is 0. The maximum absolute atomic E-state index is 13.1. The van der Waals surface area contributed by atoms with E-state index in [1.807, 2.05) is 7.05 Å². The lowest BCUT2D eigenvalue weighted by atomic mass is 10.2. The molecule has 1 rings (SSSR count). The van der Waals surface area contributed by atoms with Gasteiger partial charge in [0.25, 0.3) is 0 Å². The minimum absolute atomic E-state index is 0.273. The van der Waals surface area contributed by atoms with Gasteiger partial charge >= 0.3 is 0 Å². The third-order valence-electron chi connectivity index (χ3n) is 2.18. The first-order valence-corrected chi connectivity index (χ1v) is 4.82. The van der Waals surface area contributed by atoms with E-state index < -0.39 is 0 Å². The van der Waals surface area contributed by atoms with Crippen molar-refractivity contribution in [3.05, 3.63) is 30.1 Å². The fraction of sp³-hybridized carbons (Fsp3) is 0.455. The summed E-state index contributed by atoms with van der Waals surface area (Å²) >= 11 is 0. The highest BCUT2D eigenvalue weighted by molar-refractivity contribution is 5.23. The molecule has 0 amide bonds. The summed E-state index contributed by atoms with van der Waals surface area (Å²) in [5.74, 6) is 0.0136. The van der Waals surface area contributed by atoms with Gasteiger partial charge in [0, 0.05) is 6.04 Å². The van der Waals surface area contributed by atoms with Gasteiger partial charge in [0.2, 0.25) is 0 Å². The Balaban J connectivity index is 2.49. The van der Waals surface area contributed by atoms with Crippen molar-refractivity contribution in [3.63, 3.8) is 0 Å². The molecule has 0 aliphatic heterocycles. The molecule has 0 spiro atoms. The van der Waals surface area contributed by atoms with Crippen molar-refractivity contribution in [1.29, 1.82) is 0 Å². The molecule has 78 valence electrons.